The number of tetrazole rings is 1. The van der Waals surface area contributed by atoms with Gasteiger partial charge in [0.1, 0.15) is 0 Å². The van der Waals surface area contributed by atoms with E-state index < -0.39 is 0 Å². The van der Waals surface area contributed by atoms with Crippen LogP contribution in [0.1, 0.15) is 21.9 Å². The zero-order valence-corrected chi connectivity index (χ0v) is 20.5. The van der Waals surface area contributed by atoms with Crippen molar-refractivity contribution in [2.24, 2.45) is 0 Å². The van der Waals surface area contributed by atoms with E-state index >= 15 is 0 Å². The first kappa shape index (κ1) is 23.7. The first-order chi connectivity index (χ1) is 17.0. The molecular formula is C22H19Cl3N8O2. The number of aromatic amines is 1. The minimum absolute atomic E-state index is 0.200. The van der Waals surface area contributed by atoms with Crippen LogP contribution in [0.5, 0.6) is 0 Å². The second-order valence-electron chi connectivity index (χ2n) is 7.74. The van der Waals surface area contributed by atoms with Crippen LogP contribution in [-0.2, 0) is 11.2 Å². The molecule has 35 heavy (non-hydrogen) atoms. The monoisotopic (exact) mass is 532 g/mol. The van der Waals surface area contributed by atoms with Crippen LogP contribution in [0.2, 0.25) is 15.1 Å². The molecule has 0 radical (unpaired) electrons. The van der Waals surface area contributed by atoms with Gasteiger partial charge in [-0.1, -0.05) is 52.1 Å². The molecule has 2 aromatic heterocycles. The van der Waals surface area contributed by atoms with Gasteiger partial charge >= 0.3 is 0 Å². The second-order valence-corrected chi connectivity index (χ2v) is 9.02. The summed E-state index contributed by atoms with van der Waals surface area (Å²) >= 11 is 18.8. The van der Waals surface area contributed by atoms with Gasteiger partial charge in [0.05, 0.1) is 29.6 Å². The van der Waals surface area contributed by atoms with E-state index in [1.807, 2.05) is 12.1 Å². The van der Waals surface area contributed by atoms with E-state index in [2.05, 4.69) is 26.0 Å². The summed E-state index contributed by atoms with van der Waals surface area (Å²) < 4.78 is 7.01. The maximum atomic E-state index is 13.5. The molecule has 13 heteroatoms. The molecule has 1 aliphatic heterocycles. The molecule has 2 aromatic carbocycles. The largest absolute Gasteiger partial charge is 0.379 e. The van der Waals surface area contributed by atoms with Crippen LogP contribution in [0.15, 0.2) is 42.5 Å². The predicted octanol–water partition coefficient (Wildman–Crippen LogP) is 3.58. The maximum absolute atomic E-state index is 13.5. The Hall–Kier alpha value is -3.02. The fourth-order valence-electron chi connectivity index (χ4n) is 3.82. The number of hydrazine groups is 1. The van der Waals surface area contributed by atoms with Crippen LogP contribution in [0.4, 0.5) is 0 Å². The van der Waals surface area contributed by atoms with Crippen molar-refractivity contribution < 1.29 is 9.53 Å². The topological polar surface area (TPSA) is 114 Å². The van der Waals surface area contributed by atoms with Crippen molar-refractivity contribution in [1.29, 1.82) is 0 Å². The number of rotatable bonds is 6. The number of H-pyrrole nitrogens is 1. The molecule has 1 aliphatic rings. The summed E-state index contributed by atoms with van der Waals surface area (Å²) in [6.45, 7) is 2.20. The number of carbonyl (C=O) groups excluding carboxylic acids is 1. The average Bonchev–Trinajstić information content (AvgIpc) is 3.49. The number of nitrogens with zero attached hydrogens (tertiary/aromatic N) is 6. The highest BCUT2D eigenvalue weighted by atomic mass is 35.5. The molecule has 0 bridgehead atoms. The minimum atomic E-state index is -0.371. The number of carbonyl (C=O) groups is 1. The third-order valence-corrected chi connectivity index (χ3v) is 6.24. The third kappa shape index (κ3) is 5.16. The van der Waals surface area contributed by atoms with Crippen LogP contribution in [0.3, 0.4) is 0 Å². The fourth-order valence-corrected chi connectivity index (χ4v) is 4.43. The lowest BCUT2D eigenvalue weighted by atomic mass is 10.0. The van der Waals surface area contributed by atoms with Crippen LogP contribution in [0.25, 0.3) is 16.9 Å². The van der Waals surface area contributed by atoms with Gasteiger partial charge in [0.15, 0.2) is 11.5 Å². The quantitative estimate of drug-likeness (QED) is 0.389. The number of nitrogens with one attached hydrogen (secondary N) is 2. The summed E-state index contributed by atoms with van der Waals surface area (Å²) in [6.07, 6.45) is 0.200. The molecule has 0 spiro atoms. The number of benzene rings is 2. The average molecular weight is 534 g/mol. The van der Waals surface area contributed by atoms with Crippen molar-refractivity contribution in [2.75, 3.05) is 26.3 Å². The Labute approximate surface area is 215 Å². The number of amides is 1. The standard InChI is InChI=1S/C22H19Cl3N8O2/c23-14-3-1-13(2-4-14)21-16(12-19-26-30-31-27-19)20(22(34)29-32-7-9-35-10-8-32)28-33(21)18-6-5-15(24)11-17(18)25/h1-6,11H,7-10,12H2,(H,29,34)(H,26,27,30,31). The molecular weight excluding hydrogens is 515 g/mol. The van der Waals surface area contributed by atoms with Crippen molar-refractivity contribution in [3.05, 3.63) is 74.6 Å². The van der Waals surface area contributed by atoms with Gasteiger partial charge in [0.25, 0.3) is 5.91 Å². The van der Waals surface area contributed by atoms with Crippen molar-refractivity contribution in [3.8, 4) is 16.9 Å². The summed E-state index contributed by atoms with van der Waals surface area (Å²) in [6, 6.07) is 12.3. The van der Waals surface area contributed by atoms with Gasteiger partial charge in [-0.25, -0.2) is 9.69 Å². The van der Waals surface area contributed by atoms with Crippen LogP contribution >= 0.6 is 34.8 Å². The molecule has 1 amide bonds. The highest BCUT2D eigenvalue weighted by Crippen LogP contribution is 2.34. The van der Waals surface area contributed by atoms with Crippen LogP contribution < -0.4 is 5.43 Å². The molecule has 1 fully saturated rings. The summed E-state index contributed by atoms with van der Waals surface area (Å²) in [4.78, 5) is 13.5. The number of morpholine rings is 1. The number of hydrogen-bond donors (Lipinski definition) is 2. The molecule has 180 valence electrons. The van der Waals surface area contributed by atoms with Gasteiger partial charge in [0, 0.05) is 40.7 Å². The lowest BCUT2D eigenvalue weighted by Crippen LogP contribution is -2.48. The predicted molar refractivity (Wildman–Crippen MR) is 131 cm³/mol. The first-order valence-corrected chi connectivity index (χ1v) is 11.8. The summed E-state index contributed by atoms with van der Waals surface area (Å²) in [5.41, 5.74) is 5.71. The number of aromatic nitrogens is 6. The van der Waals surface area contributed by atoms with Gasteiger partial charge in [0.2, 0.25) is 0 Å². The van der Waals surface area contributed by atoms with Gasteiger partial charge in [-0.15, -0.1) is 10.2 Å². The molecule has 3 heterocycles. The Morgan fingerprint density at radius 1 is 1.06 bits per heavy atom. The van der Waals surface area contributed by atoms with Crippen LogP contribution in [-0.4, -0.2) is 67.6 Å². The Balaban J connectivity index is 1.69. The summed E-state index contributed by atoms with van der Waals surface area (Å²) in [7, 11) is 0. The van der Waals surface area contributed by atoms with Crippen molar-refractivity contribution in [3.63, 3.8) is 0 Å². The lowest BCUT2D eigenvalue weighted by molar-refractivity contribution is 0.0124. The summed E-state index contributed by atoms with van der Waals surface area (Å²) in [5, 5.41) is 22.2. The molecule has 5 rings (SSSR count). The Bertz CT molecular complexity index is 1340. The minimum Gasteiger partial charge on any atom is -0.379 e. The van der Waals surface area contributed by atoms with E-state index in [0.717, 1.165) is 5.56 Å². The van der Waals surface area contributed by atoms with Crippen molar-refractivity contribution in [2.45, 2.75) is 6.42 Å². The zero-order chi connectivity index (χ0) is 24.4. The molecule has 10 nitrogen and oxygen atoms in total. The zero-order valence-electron chi connectivity index (χ0n) is 18.2. The Morgan fingerprint density at radius 2 is 1.80 bits per heavy atom. The second kappa shape index (κ2) is 10.3. The number of ether oxygens (including phenoxy) is 1. The lowest BCUT2D eigenvalue weighted by Gasteiger charge is -2.26. The van der Waals surface area contributed by atoms with E-state index in [0.29, 0.717) is 64.1 Å². The molecule has 0 atom stereocenters. The molecule has 0 unspecified atom stereocenters. The normalized spacial score (nSPS) is 14.3. The smallest absolute Gasteiger partial charge is 0.286 e. The van der Waals surface area contributed by atoms with E-state index in [-0.39, 0.29) is 18.0 Å². The molecule has 2 N–H and O–H groups in total. The van der Waals surface area contributed by atoms with Crippen molar-refractivity contribution in [1.82, 2.24) is 40.8 Å². The molecule has 1 saturated heterocycles. The first-order valence-electron chi connectivity index (χ1n) is 10.7. The SMILES string of the molecule is O=C(NN1CCOCC1)c1nn(-c2ccc(Cl)cc2Cl)c(-c2ccc(Cl)cc2)c1Cc1nn[nH]n1. The molecule has 0 aliphatic carbocycles. The highest BCUT2D eigenvalue weighted by Gasteiger charge is 2.28. The van der Waals surface area contributed by atoms with Crippen LogP contribution in [0, 0.1) is 0 Å². The van der Waals surface area contributed by atoms with Gasteiger partial charge < -0.3 is 4.74 Å². The number of halogens is 3. The van der Waals surface area contributed by atoms with Gasteiger partial charge in [-0.3, -0.25) is 10.2 Å². The van der Waals surface area contributed by atoms with Gasteiger partial charge in [-0.2, -0.15) is 10.3 Å². The molecule has 0 saturated carbocycles. The van der Waals surface area contributed by atoms with Crippen molar-refractivity contribution >= 4 is 40.7 Å². The fraction of sp³-hybridized carbons (Fsp3) is 0.227. The third-order valence-electron chi connectivity index (χ3n) is 5.45. The molecule has 4 aromatic rings. The highest BCUT2D eigenvalue weighted by molar-refractivity contribution is 6.35. The van der Waals surface area contributed by atoms with Gasteiger partial charge in [-0.05, 0) is 30.3 Å². The van der Waals surface area contributed by atoms with E-state index in [9.17, 15) is 4.79 Å². The maximum Gasteiger partial charge on any atom is 0.286 e. The summed E-state index contributed by atoms with van der Waals surface area (Å²) in [5.74, 6) is 0.0341. The Morgan fingerprint density at radius 3 is 2.49 bits per heavy atom. The Kier molecular flexibility index (Phi) is 6.98. The number of hydrogen-bond acceptors (Lipinski definition) is 7. The van der Waals surface area contributed by atoms with E-state index in [1.165, 1.54) is 0 Å². The van der Waals surface area contributed by atoms with E-state index in [1.54, 1.807) is 40.0 Å². The van der Waals surface area contributed by atoms with E-state index in [4.69, 9.17) is 44.6 Å².